The van der Waals surface area contributed by atoms with E-state index in [1.807, 2.05) is 62.4 Å². The highest BCUT2D eigenvalue weighted by atomic mass is 16.5. The summed E-state index contributed by atoms with van der Waals surface area (Å²) in [6, 6.07) is 15.6. The molecule has 0 saturated carbocycles. The topological polar surface area (TPSA) is 58.6 Å². The van der Waals surface area contributed by atoms with Crippen molar-refractivity contribution in [2.45, 2.75) is 46.3 Å². The third-order valence-corrected chi connectivity index (χ3v) is 4.94. The van der Waals surface area contributed by atoms with E-state index in [4.69, 9.17) is 4.74 Å². The maximum Gasteiger partial charge on any atom is 0.239 e. The first-order valence-corrected chi connectivity index (χ1v) is 9.91. The molecule has 1 N–H and O–H groups in total. The smallest absolute Gasteiger partial charge is 0.239 e. The van der Waals surface area contributed by atoms with Crippen molar-refractivity contribution in [1.82, 2.24) is 5.32 Å². The lowest BCUT2D eigenvalue weighted by molar-refractivity contribution is -0.132. The van der Waals surface area contributed by atoms with E-state index in [-0.39, 0.29) is 17.9 Å². The summed E-state index contributed by atoms with van der Waals surface area (Å²) in [5, 5.41) is 2.89. The fourth-order valence-electron chi connectivity index (χ4n) is 3.36. The molecule has 2 aromatic carbocycles. The van der Waals surface area contributed by atoms with E-state index in [0.717, 1.165) is 23.4 Å². The highest BCUT2D eigenvalue weighted by Crippen LogP contribution is 2.26. The SMILES string of the molecule is CCc1ccc(N2CC[C@H](C(=O)NCc3ccc(OC(C)C)cc3)C2=O)cc1. The summed E-state index contributed by atoms with van der Waals surface area (Å²) in [4.78, 5) is 27.0. The Morgan fingerprint density at radius 2 is 1.75 bits per heavy atom. The molecule has 2 amide bonds. The summed E-state index contributed by atoms with van der Waals surface area (Å²) in [7, 11) is 0. The van der Waals surface area contributed by atoms with E-state index in [2.05, 4.69) is 12.2 Å². The van der Waals surface area contributed by atoms with E-state index in [1.165, 1.54) is 5.56 Å². The van der Waals surface area contributed by atoms with Crippen molar-refractivity contribution >= 4 is 17.5 Å². The summed E-state index contributed by atoms with van der Waals surface area (Å²) in [5.41, 5.74) is 3.06. The Balaban J connectivity index is 1.55. The first-order valence-electron chi connectivity index (χ1n) is 9.91. The fourth-order valence-corrected chi connectivity index (χ4v) is 3.36. The average molecular weight is 380 g/mol. The van der Waals surface area contributed by atoms with Crippen LogP contribution >= 0.6 is 0 Å². The number of benzene rings is 2. The van der Waals surface area contributed by atoms with Crippen LogP contribution < -0.4 is 15.0 Å². The van der Waals surface area contributed by atoms with E-state index in [1.54, 1.807) is 4.90 Å². The molecule has 5 heteroatoms. The molecule has 0 bridgehead atoms. The fraction of sp³-hybridized carbons (Fsp3) is 0.391. The monoisotopic (exact) mass is 380 g/mol. The van der Waals surface area contributed by atoms with E-state index < -0.39 is 5.92 Å². The van der Waals surface area contributed by atoms with Gasteiger partial charge < -0.3 is 15.0 Å². The molecule has 1 atom stereocenters. The van der Waals surface area contributed by atoms with E-state index in [0.29, 0.717) is 19.5 Å². The van der Waals surface area contributed by atoms with Crippen LogP contribution in [0.4, 0.5) is 5.69 Å². The molecule has 0 spiro atoms. The maximum absolute atomic E-state index is 12.7. The number of nitrogens with one attached hydrogen (secondary N) is 1. The van der Waals surface area contributed by atoms with Gasteiger partial charge >= 0.3 is 0 Å². The van der Waals surface area contributed by atoms with Gasteiger partial charge in [-0.05, 0) is 62.1 Å². The lowest BCUT2D eigenvalue weighted by atomic mass is 10.1. The Morgan fingerprint density at radius 1 is 1.11 bits per heavy atom. The van der Waals surface area contributed by atoms with Crippen LogP contribution in [-0.2, 0) is 22.6 Å². The number of carbonyl (C=O) groups excluding carboxylic acids is 2. The van der Waals surface area contributed by atoms with Gasteiger partial charge in [-0.25, -0.2) is 0 Å². The quantitative estimate of drug-likeness (QED) is 0.745. The predicted octanol–water partition coefficient (Wildman–Crippen LogP) is 3.71. The first kappa shape index (κ1) is 19.9. The van der Waals surface area contributed by atoms with Gasteiger partial charge in [0.25, 0.3) is 0 Å². The maximum atomic E-state index is 12.7. The third-order valence-electron chi connectivity index (χ3n) is 4.94. The minimum absolute atomic E-state index is 0.123. The molecule has 2 aromatic rings. The van der Waals surface area contributed by atoms with Crippen LogP contribution in [-0.4, -0.2) is 24.5 Å². The summed E-state index contributed by atoms with van der Waals surface area (Å²) >= 11 is 0. The summed E-state index contributed by atoms with van der Waals surface area (Å²) < 4.78 is 5.62. The highest BCUT2D eigenvalue weighted by molar-refractivity contribution is 6.09. The molecule has 3 rings (SSSR count). The van der Waals surface area contributed by atoms with Gasteiger partial charge in [-0.2, -0.15) is 0 Å². The number of ether oxygens (including phenoxy) is 1. The van der Waals surface area contributed by atoms with Crippen LogP contribution in [0.5, 0.6) is 5.75 Å². The molecule has 0 aromatic heterocycles. The van der Waals surface area contributed by atoms with Gasteiger partial charge in [0.2, 0.25) is 11.8 Å². The second-order valence-corrected chi connectivity index (χ2v) is 7.38. The van der Waals surface area contributed by atoms with E-state index >= 15 is 0 Å². The molecule has 1 fully saturated rings. The molecule has 1 aliphatic heterocycles. The zero-order chi connectivity index (χ0) is 20.1. The summed E-state index contributed by atoms with van der Waals surface area (Å²) in [5.74, 6) is -0.141. The van der Waals surface area contributed by atoms with Crippen molar-refractivity contribution < 1.29 is 14.3 Å². The van der Waals surface area contributed by atoms with Crippen LogP contribution in [0, 0.1) is 5.92 Å². The molecular formula is C23H28N2O3. The van der Waals surface area contributed by atoms with Gasteiger partial charge in [0.15, 0.2) is 0 Å². The van der Waals surface area contributed by atoms with Crippen molar-refractivity contribution in [3.63, 3.8) is 0 Å². The molecule has 0 aliphatic carbocycles. The van der Waals surface area contributed by atoms with Crippen LogP contribution in [0.1, 0.15) is 38.3 Å². The third kappa shape index (κ3) is 4.71. The zero-order valence-corrected chi connectivity index (χ0v) is 16.8. The number of aryl methyl sites for hydroxylation is 1. The molecule has 1 aliphatic rings. The van der Waals surface area contributed by atoms with Crippen LogP contribution in [0.3, 0.4) is 0 Å². The molecule has 0 unspecified atom stereocenters. The normalized spacial score (nSPS) is 16.5. The molecule has 148 valence electrons. The van der Waals surface area contributed by atoms with Gasteiger partial charge in [0.05, 0.1) is 6.10 Å². The summed E-state index contributed by atoms with van der Waals surface area (Å²) in [6.45, 7) is 7.03. The largest absolute Gasteiger partial charge is 0.491 e. The van der Waals surface area contributed by atoms with Gasteiger partial charge in [-0.1, -0.05) is 31.2 Å². The minimum Gasteiger partial charge on any atom is -0.491 e. The lowest BCUT2D eigenvalue weighted by Gasteiger charge is -2.17. The molecule has 1 heterocycles. The number of nitrogens with zero attached hydrogens (tertiary/aromatic N) is 1. The van der Waals surface area contributed by atoms with Crippen molar-refractivity contribution in [3.8, 4) is 5.75 Å². The van der Waals surface area contributed by atoms with Gasteiger partial charge in [0.1, 0.15) is 11.7 Å². The molecule has 1 saturated heterocycles. The minimum atomic E-state index is -0.616. The average Bonchev–Trinajstić information content (AvgIpc) is 3.08. The summed E-state index contributed by atoms with van der Waals surface area (Å²) in [6.07, 6.45) is 1.63. The van der Waals surface area contributed by atoms with Crippen molar-refractivity contribution in [3.05, 3.63) is 59.7 Å². The van der Waals surface area contributed by atoms with Crippen molar-refractivity contribution in [2.75, 3.05) is 11.4 Å². The standard InChI is InChI=1S/C23H28N2O3/c1-4-17-5-9-19(10-6-17)25-14-13-21(23(25)27)22(26)24-15-18-7-11-20(12-8-18)28-16(2)3/h5-12,16,21H,4,13-15H2,1-3H3,(H,24,26)/t21-/m1/s1. The Morgan fingerprint density at radius 3 is 2.36 bits per heavy atom. The van der Waals surface area contributed by atoms with Gasteiger partial charge in [0, 0.05) is 18.8 Å². The van der Waals surface area contributed by atoms with Crippen LogP contribution in [0.25, 0.3) is 0 Å². The Kier molecular flexibility index (Phi) is 6.34. The number of carbonyl (C=O) groups is 2. The lowest BCUT2D eigenvalue weighted by Crippen LogP contribution is -2.36. The first-order chi connectivity index (χ1) is 13.5. The van der Waals surface area contributed by atoms with Crippen molar-refractivity contribution in [1.29, 1.82) is 0 Å². The molecule has 5 nitrogen and oxygen atoms in total. The Bertz CT molecular complexity index is 813. The van der Waals surface area contributed by atoms with E-state index in [9.17, 15) is 9.59 Å². The second kappa shape index (κ2) is 8.91. The number of hydrogen-bond acceptors (Lipinski definition) is 3. The Hall–Kier alpha value is -2.82. The van der Waals surface area contributed by atoms with Crippen molar-refractivity contribution in [2.24, 2.45) is 5.92 Å². The number of rotatable bonds is 7. The number of amides is 2. The molecule has 0 radical (unpaired) electrons. The van der Waals surface area contributed by atoms with Gasteiger partial charge in [-0.3, -0.25) is 9.59 Å². The molecule has 28 heavy (non-hydrogen) atoms. The Labute approximate surface area is 166 Å². The zero-order valence-electron chi connectivity index (χ0n) is 16.8. The van der Waals surface area contributed by atoms with Crippen LogP contribution in [0.15, 0.2) is 48.5 Å². The van der Waals surface area contributed by atoms with Crippen LogP contribution in [0.2, 0.25) is 0 Å². The second-order valence-electron chi connectivity index (χ2n) is 7.38. The molecular weight excluding hydrogens is 352 g/mol. The highest BCUT2D eigenvalue weighted by Gasteiger charge is 2.37. The van der Waals surface area contributed by atoms with Gasteiger partial charge in [-0.15, -0.1) is 0 Å². The predicted molar refractivity (Wildman–Crippen MR) is 110 cm³/mol. The number of anilines is 1. The number of hydrogen-bond donors (Lipinski definition) is 1.